The number of hydrogen-bond acceptors (Lipinski definition) is 6. The van der Waals surface area contributed by atoms with Crippen molar-refractivity contribution in [2.24, 2.45) is 5.92 Å². The molecule has 0 atom stereocenters. The van der Waals surface area contributed by atoms with Crippen molar-refractivity contribution in [1.29, 1.82) is 0 Å². The molecule has 1 aliphatic rings. The van der Waals surface area contributed by atoms with Crippen molar-refractivity contribution < 1.29 is 0 Å². The molecule has 0 aliphatic heterocycles. The van der Waals surface area contributed by atoms with Crippen LogP contribution >= 0.6 is 0 Å². The summed E-state index contributed by atoms with van der Waals surface area (Å²) in [5.41, 5.74) is 9.46. The fourth-order valence-corrected chi connectivity index (χ4v) is 5.61. The van der Waals surface area contributed by atoms with Gasteiger partial charge in [-0.1, -0.05) is 25.8 Å². The van der Waals surface area contributed by atoms with Crippen molar-refractivity contribution >= 4 is 27.5 Å². The highest BCUT2D eigenvalue weighted by molar-refractivity contribution is 6.01. The summed E-state index contributed by atoms with van der Waals surface area (Å²) in [5.74, 6) is 0.524. The van der Waals surface area contributed by atoms with Gasteiger partial charge in [0.2, 0.25) is 0 Å². The Kier molecular flexibility index (Phi) is 5.85. The van der Waals surface area contributed by atoms with Crippen LogP contribution in [0.1, 0.15) is 32.1 Å². The maximum Gasteiger partial charge on any atom is 0.116 e. The van der Waals surface area contributed by atoms with Gasteiger partial charge in [-0.15, -0.1) is 0 Å². The number of rotatable bonds is 6. The first-order valence-electron chi connectivity index (χ1n) is 13.4. The molecule has 0 bridgehead atoms. The molecular weight excluding hydrogens is 484 g/mol. The Morgan fingerprint density at radius 1 is 0.821 bits per heavy atom. The van der Waals surface area contributed by atoms with Crippen LogP contribution in [0.15, 0.2) is 86.0 Å². The lowest BCUT2D eigenvalue weighted by Crippen LogP contribution is -2.14. The molecule has 6 aromatic heterocycles. The quantitative estimate of drug-likeness (QED) is 0.219. The van der Waals surface area contributed by atoms with Crippen LogP contribution in [0.2, 0.25) is 0 Å². The summed E-state index contributed by atoms with van der Waals surface area (Å²) in [6.07, 6.45) is 19.1. The molecule has 8 heteroatoms. The summed E-state index contributed by atoms with van der Waals surface area (Å²) in [6.45, 7) is 4.32. The standard InChI is InChI=1S/C31H28N8/c1-19(20-5-3-2-4-6-20)36-23-11-22(14-33-15-23)27-13-25-30(18-35-27)38-39-31(25)28-12-24-26(16-34-17-29(24)37-28)21-7-9-32-10-8-21/h7-18,20,36-37H,1-6H2,(H,38,39). The second-order valence-electron chi connectivity index (χ2n) is 10.2. The van der Waals surface area contributed by atoms with Crippen LogP contribution in [-0.4, -0.2) is 35.1 Å². The topological polar surface area (TPSA) is 108 Å². The van der Waals surface area contributed by atoms with E-state index in [-0.39, 0.29) is 0 Å². The molecule has 6 heterocycles. The summed E-state index contributed by atoms with van der Waals surface area (Å²) in [6, 6.07) is 10.3. The third kappa shape index (κ3) is 4.44. The molecule has 6 aromatic rings. The molecule has 0 radical (unpaired) electrons. The van der Waals surface area contributed by atoms with Crippen molar-refractivity contribution in [3.63, 3.8) is 0 Å². The monoisotopic (exact) mass is 512 g/mol. The predicted octanol–water partition coefficient (Wildman–Crippen LogP) is 7.13. The highest BCUT2D eigenvalue weighted by atomic mass is 15.1. The minimum Gasteiger partial charge on any atom is -0.358 e. The smallest absolute Gasteiger partial charge is 0.116 e. The number of aromatic amines is 2. The summed E-state index contributed by atoms with van der Waals surface area (Å²) < 4.78 is 0. The van der Waals surface area contributed by atoms with Gasteiger partial charge in [0.05, 0.1) is 46.7 Å². The van der Waals surface area contributed by atoms with E-state index >= 15 is 0 Å². The van der Waals surface area contributed by atoms with Gasteiger partial charge in [-0.05, 0) is 54.7 Å². The van der Waals surface area contributed by atoms with Crippen LogP contribution in [0.4, 0.5) is 5.69 Å². The lowest BCUT2D eigenvalue weighted by molar-refractivity contribution is 0.405. The van der Waals surface area contributed by atoms with Crippen molar-refractivity contribution in [2.45, 2.75) is 32.1 Å². The van der Waals surface area contributed by atoms with Gasteiger partial charge < -0.3 is 10.3 Å². The Morgan fingerprint density at radius 3 is 2.54 bits per heavy atom. The largest absolute Gasteiger partial charge is 0.358 e. The summed E-state index contributed by atoms with van der Waals surface area (Å²) >= 11 is 0. The molecule has 0 aromatic carbocycles. The fraction of sp³-hybridized carbons (Fsp3) is 0.194. The number of nitrogens with zero attached hydrogens (tertiary/aromatic N) is 5. The van der Waals surface area contributed by atoms with E-state index in [9.17, 15) is 0 Å². The first kappa shape index (κ1) is 23.3. The zero-order chi connectivity index (χ0) is 26.2. The van der Waals surface area contributed by atoms with Crippen LogP contribution in [0.3, 0.4) is 0 Å². The number of allylic oxidation sites excluding steroid dienone is 1. The van der Waals surface area contributed by atoms with E-state index < -0.39 is 0 Å². The van der Waals surface area contributed by atoms with Gasteiger partial charge in [-0.2, -0.15) is 5.10 Å². The van der Waals surface area contributed by atoms with E-state index in [0.717, 1.165) is 67.0 Å². The van der Waals surface area contributed by atoms with Crippen LogP contribution in [-0.2, 0) is 0 Å². The van der Waals surface area contributed by atoms with Crippen LogP contribution in [0.25, 0.3) is 55.6 Å². The molecule has 39 heavy (non-hydrogen) atoms. The molecule has 0 spiro atoms. The molecule has 0 saturated heterocycles. The first-order chi connectivity index (χ1) is 19.2. The SMILES string of the molecule is C=C(Nc1cncc(-c2cc3c(-c4cc5c(-c6ccncc6)cncc5[nH]4)n[nH]c3cn2)c1)C1CCCCC1. The Bertz CT molecular complexity index is 1790. The zero-order valence-corrected chi connectivity index (χ0v) is 21.5. The third-order valence-electron chi connectivity index (χ3n) is 7.68. The van der Waals surface area contributed by atoms with Gasteiger partial charge in [0.1, 0.15) is 5.69 Å². The number of aromatic nitrogens is 7. The lowest BCUT2D eigenvalue weighted by Gasteiger charge is -2.24. The van der Waals surface area contributed by atoms with Crippen molar-refractivity contribution in [2.75, 3.05) is 5.32 Å². The number of H-pyrrole nitrogens is 2. The molecule has 3 N–H and O–H groups in total. The average molecular weight is 513 g/mol. The second kappa shape index (κ2) is 9.79. The second-order valence-corrected chi connectivity index (χ2v) is 10.2. The van der Waals surface area contributed by atoms with E-state index in [4.69, 9.17) is 4.98 Å². The van der Waals surface area contributed by atoms with Gasteiger partial charge >= 0.3 is 0 Å². The Labute approximate surface area is 225 Å². The van der Waals surface area contributed by atoms with Gasteiger partial charge in [0.15, 0.2) is 0 Å². The van der Waals surface area contributed by atoms with Gasteiger partial charge in [0, 0.05) is 52.4 Å². The van der Waals surface area contributed by atoms with Crippen LogP contribution in [0, 0.1) is 5.92 Å². The van der Waals surface area contributed by atoms with Crippen molar-refractivity contribution in [3.05, 3.63) is 86.0 Å². The Morgan fingerprint density at radius 2 is 1.67 bits per heavy atom. The maximum atomic E-state index is 4.70. The van der Waals surface area contributed by atoms with E-state index in [1.54, 1.807) is 12.4 Å². The molecule has 1 fully saturated rings. The number of anilines is 1. The molecule has 1 saturated carbocycles. The minimum atomic E-state index is 0.524. The normalized spacial score (nSPS) is 14.2. The maximum absolute atomic E-state index is 4.70. The molecule has 0 amide bonds. The molecule has 192 valence electrons. The van der Waals surface area contributed by atoms with E-state index in [0.29, 0.717) is 5.92 Å². The van der Waals surface area contributed by atoms with Crippen molar-refractivity contribution in [1.82, 2.24) is 35.1 Å². The molecule has 7 rings (SSSR count). The minimum absolute atomic E-state index is 0.524. The fourth-order valence-electron chi connectivity index (χ4n) is 5.61. The summed E-state index contributed by atoms with van der Waals surface area (Å²) in [7, 11) is 0. The molecule has 1 aliphatic carbocycles. The van der Waals surface area contributed by atoms with Gasteiger partial charge in [0.25, 0.3) is 0 Å². The van der Waals surface area contributed by atoms with E-state index in [2.05, 4.69) is 60.2 Å². The number of fused-ring (bicyclic) bond motifs is 2. The van der Waals surface area contributed by atoms with E-state index in [1.807, 2.05) is 43.1 Å². The Balaban J connectivity index is 1.23. The summed E-state index contributed by atoms with van der Waals surface area (Å²) in [4.78, 5) is 21.3. The zero-order valence-electron chi connectivity index (χ0n) is 21.5. The first-order valence-corrected chi connectivity index (χ1v) is 13.4. The number of nitrogens with one attached hydrogen (secondary N) is 3. The molecule has 0 unspecified atom stereocenters. The average Bonchev–Trinajstić information content (AvgIpc) is 3.62. The van der Waals surface area contributed by atoms with Crippen LogP contribution in [0.5, 0.6) is 0 Å². The summed E-state index contributed by atoms with van der Waals surface area (Å²) in [5, 5.41) is 13.3. The predicted molar refractivity (Wildman–Crippen MR) is 155 cm³/mol. The highest BCUT2D eigenvalue weighted by Crippen LogP contribution is 2.35. The number of pyridine rings is 4. The molecule has 8 nitrogen and oxygen atoms in total. The lowest BCUT2D eigenvalue weighted by atomic mass is 9.87. The van der Waals surface area contributed by atoms with Crippen molar-refractivity contribution in [3.8, 4) is 33.8 Å². The van der Waals surface area contributed by atoms with Gasteiger partial charge in [-0.3, -0.25) is 25.0 Å². The van der Waals surface area contributed by atoms with Crippen LogP contribution < -0.4 is 5.32 Å². The molecular formula is C31H28N8. The van der Waals surface area contributed by atoms with E-state index in [1.165, 1.54) is 32.1 Å². The highest BCUT2D eigenvalue weighted by Gasteiger charge is 2.18. The Hall–Kier alpha value is -4.85. The third-order valence-corrected chi connectivity index (χ3v) is 7.68. The van der Waals surface area contributed by atoms with Gasteiger partial charge in [-0.25, -0.2) is 0 Å². The number of hydrogen-bond donors (Lipinski definition) is 3.